The highest BCUT2D eigenvalue weighted by Gasteiger charge is 2.32. The number of carbonyl (C=O) groups excluding carboxylic acids is 2. The summed E-state index contributed by atoms with van der Waals surface area (Å²) >= 11 is 0. The molecule has 4 rings (SSSR count). The largest absolute Gasteiger partial charge is 0.342 e. The Balaban J connectivity index is 1.43. The molecule has 2 atom stereocenters. The van der Waals surface area contributed by atoms with Gasteiger partial charge in [0.1, 0.15) is 5.82 Å². The van der Waals surface area contributed by atoms with Gasteiger partial charge in [-0.3, -0.25) is 9.59 Å². The number of aromatic nitrogens is 2. The molecule has 0 aliphatic carbocycles. The number of likely N-dealkylation sites (tertiary alicyclic amines) is 2. The zero-order valence-electron chi connectivity index (χ0n) is 18.8. The van der Waals surface area contributed by atoms with E-state index in [2.05, 4.69) is 0 Å². The average Bonchev–Trinajstić information content (AvgIpc) is 3.48. The number of rotatable bonds is 5. The van der Waals surface area contributed by atoms with Gasteiger partial charge in [0.15, 0.2) is 0 Å². The van der Waals surface area contributed by atoms with E-state index < -0.39 is 0 Å². The van der Waals surface area contributed by atoms with Gasteiger partial charge < -0.3 is 9.80 Å². The number of benzene rings is 1. The molecule has 2 unspecified atom stereocenters. The molecule has 31 heavy (non-hydrogen) atoms. The Morgan fingerprint density at radius 3 is 2.29 bits per heavy atom. The van der Waals surface area contributed by atoms with Gasteiger partial charge >= 0.3 is 0 Å². The van der Waals surface area contributed by atoms with Crippen molar-refractivity contribution in [1.82, 2.24) is 19.8 Å². The van der Waals surface area contributed by atoms with E-state index in [1.807, 2.05) is 60.9 Å². The summed E-state index contributed by atoms with van der Waals surface area (Å²) in [6, 6.07) is 9.93. The average molecular weight is 421 g/mol. The van der Waals surface area contributed by atoms with Crippen LogP contribution in [0.1, 0.15) is 66.4 Å². The fraction of sp³-hybridized carbons (Fsp3) is 0.520. The van der Waals surface area contributed by atoms with E-state index in [-0.39, 0.29) is 23.7 Å². The van der Waals surface area contributed by atoms with Crippen LogP contribution in [0.5, 0.6) is 0 Å². The lowest BCUT2D eigenvalue weighted by Gasteiger charge is -2.21. The van der Waals surface area contributed by atoms with Crippen molar-refractivity contribution in [1.29, 1.82) is 0 Å². The van der Waals surface area contributed by atoms with Crippen LogP contribution in [0.2, 0.25) is 0 Å². The van der Waals surface area contributed by atoms with Gasteiger partial charge in [0.25, 0.3) is 0 Å². The first kappa shape index (κ1) is 21.5. The predicted octanol–water partition coefficient (Wildman–Crippen LogP) is 3.38. The summed E-state index contributed by atoms with van der Waals surface area (Å²) in [5.74, 6) is 1.13. The van der Waals surface area contributed by atoms with Crippen molar-refractivity contribution >= 4 is 11.8 Å². The van der Waals surface area contributed by atoms with Crippen molar-refractivity contribution in [3.05, 3.63) is 58.7 Å². The Hall–Kier alpha value is -2.76. The highest BCUT2D eigenvalue weighted by molar-refractivity contribution is 5.83. The molecule has 0 spiro atoms. The highest BCUT2D eigenvalue weighted by Crippen LogP contribution is 2.29. The minimum atomic E-state index is -0.150. The number of carbonyl (C=O) groups is 2. The van der Waals surface area contributed by atoms with Crippen LogP contribution < -0.4 is 0 Å². The van der Waals surface area contributed by atoms with Crippen molar-refractivity contribution in [2.45, 2.75) is 58.3 Å². The Kier molecular flexibility index (Phi) is 6.35. The quantitative estimate of drug-likeness (QED) is 0.744. The second kappa shape index (κ2) is 9.16. The molecule has 2 aromatic rings. The molecule has 1 aromatic heterocycles. The summed E-state index contributed by atoms with van der Waals surface area (Å²) in [5.41, 5.74) is 3.77. The summed E-state index contributed by atoms with van der Waals surface area (Å²) in [6.07, 6.45) is 3.44. The van der Waals surface area contributed by atoms with Gasteiger partial charge in [-0.1, -0.05) is 30.3 Å². The highest BCUT2D eigenvalue weighted by atomic mass is 16.2. The number of amides is 2. The molecular formula is C25H32N4O2. The van der Waals surface area contributed by atoms with Gasteiger partial charge in [-0.15, -0.1) is 0 Å². The number of hydrogen-bond donors (Lipinski definition) is 0. The third-order valence-electron chi connectivity index (χ3n) is 6.76. The summed E-state index contributed by atoms with van der Waals surface area (Å²) < 4.78 is 0. The lowest BCUT2D eigenvalue weighted by atomic mass is 10.00. The number of aryl methyl sites for hydroxylation is 2. The van der Waals surface area contributed by atoms with E-state index in [0.717, 1.165) is 67.2 Å². The lowest BCUT2D eigenvalue weighted by Crippen LogP contribution is -2.32. The maximum atomic E-state index is 13.0. The maximum Gasteiger partial charge on any atom is 0.229 e. The van der Waals surface area contributed by atoms with Crippen molar-refractivity contribution in [2.75, 3.05) is 26.2 Å². The standard InChI is InChI=1S/C25H32N4O2/c1-17(20-9-5-4-6-10-20)25(31)29-14-11-21(16-29)24-26-18(2)22(19(3)27-24)15-23(30)28-12-7-8-13-28/h4-6,9-10,17,21H,7-8,11-16H2,1-3H3. The van der Waals surface area contributed by atoms with Crippen LogP contribution >= 0.6 is 0 Å². The number of hydrogen-bond acceptors (Lipinski definition) is 4. The number of nitrogens with zero attached hydrogens (tertiary/aromatic N) is 4. The Morgan fingerprint density at radius 1 is 1.00 bits per heavy atom. The molecule has 2 fully saturated rings. The fourth-order valence-electron chi connectivity index (χ4n) is 4.76. The smallest absolute Gasteiger partial charge is 0.229 e. The van der Waals surface area contributed by atoms with E-state index in [4.69, 9.17) is 9.97 Å². The van der Waals surface area contributed by atoms with Gasteiger partial charge in [0.05, 0.1) is 12.3 Å². The molecule has 3 heterocycles. The van der Waals surface area contributed by atoms with Crippen LogP contribution in [0.15, 0.2) is 30.3 Å². The first-order chi connectivity index (χ1) is 14.9. The molecule has 6 heteroatoms. The van der Waals surface area contributed by atoms with Crippen molar-refractivity contribution in [3.8, 4) is 0 Å². The van der Waals surface area contributed by atoms with Crippen LogP contribution in [0.4, 0.5) is 0 Å². The van der Waals surface area contributed by atoms with Crippen molar-refractivity contribution < 1.29 is 9.59 Å². The Labute approximate surface area is 184 Å². The van der Waals surface area contributed by atoms with Crippen LogP contribution in [0, 0.1) is 13.8 Å². The van der Waals surface area contributed by atoms with E-state index in [9.17, 15) is 9.59 Å². The third kappa shape index (κ3) is 4.63. The molecule has 1 aromatic carbocycles. The Morgan fingerprint density at radius 2 is 1.65 bits per heavy atom. The molecule has 2 saturated heterocycles. The minimum Gasteiger partial charge on any atom is -0.342 e. The minimum absolute atomic E-state index is 0.146. The summed E-state index contributed by atoms with van der Waals surface area (Å²) in [7, 11) is 0. The molecule has 0 bridgehead atoms. The third-order valence-corrected chi connectivity index (χ3v) is 6.76. The molecule has 2 aliphatic rings. The lowest BCUT2D eigenvalue weighted by molar-refractivity contribution is -0.131. The van der Waals surface area contributed by atoms with Crippen LogP contribution in [0.3, 0.4) is 0 Å². The zero-order valence-corrected chi connectivity index (χ0v) is 18.8. The fourth-order valence-corrected chi connectivity index (χ4v) is 4.76. The second-order valence-corrected chi connectivity index (χ2v) is 8.90. The van der Waals surface area contributed by atoms with Crippen LogP contribution in [-0.4, -0.2) is 57.8 Å². The molecule has 0 radical (unpaired) electrons. The second-order valence-electron chi connectivity index (χ2n) is 8.90. The van der Waals surface area contributed by atoms with Crippen LogP contribution in [0.25, 0.3) is 0 Å². The summed E-state index contributed by atoms with van der Waals surface area (Å²) in [5, 5.41) is 0. The van der Waals surface area contributed by atoms with Gasteiger partial charge in [0, 0.05) is 49.0 Å². The predicted molar refractivity (Wildman–Crippen MR) is 120 cm³/mol. The monoisotopic (exact) mass is 420 g/mol. The van der Waals surface area contributed by atoms with Gasteiger partial charge in [-0.05, 0) is 45.6 Å². The van der Waals surface area contributed by atoms with Gasteiger partial charge in [-0.25, -0.2) is 9.97 Å². The molecule has 164 valence electrons. The molecule has 2 aliphatic heterocycles. The van der Waals surface area contributed by atoms with Gasteiger partial charge in [0.2, 0.25) is 11.8 Å². The summed E-state index contributed by atoms with van der Waals surface area (Å²) in [6.45, 7) is 9.03. The molecule has 0 saturated carbocycles. The topological polar surface area (TPSA) is 66.4 Å². The zero-order chi connectivity index (χ0) is 22.0. The van der Waals surface area contributed by atoms with E-state index in [1.54, 1.807) is 0 Å². The van der Waals surface area contributed by atoms with Crippen LogP contribution in [-0.2, 0) is 16.0 Å². The first-order valence-electron chi connectivity index (χ1n) is 11.4. The first-order valence-corrected chi connectivity index (χ1v) is 11.4. The molecule has 2 amide bonds. The van der Waals surface area contributed by atoms with Crippen molar-refractivity contribution in [2.24, 2.45) is 0 Å². The molecule has 6 nitrogen and oxygen atoms in total. The van der Waals surface area contributed by atoms with Gasteiger partial charge in [-0.2, -0.15) is 0 Å². The molecular weight excluding hydrogens is 388 g/mol. The van der Waals surface area contributed by atoms with E-state index in [0.29, 0.717) is 13.0 Å². The molecule has 0 N–H and O–H groups in total. The Bertz CT molecular complexity index is 930. The normalized spacial score (nSPS) is 19.6. The SMILES string of the molecule is Cc1nc(C2CCN(C(=O)C(C)c3ccccc3)C2)nc(C)c1CC(=O)N1CCCC1. The van der Waals surface area contributed by atoms with E-state index >= 15 is 0 Å². The van der Waals surface area contributed by atoms with Crippen molar-refractivity contribution in [3.63, 3.8) is 0 Å². The van der Waals surface area contributed by atoms with E-state index in [1.165, 1.54) is 0 Å². The summed E-state index contributed by atoms with van der Waals surface area (Å²) in [4.78, 5) is 39.0. The maximum absolute atomic E-state index is 13.0.